The SMILES string of the molecule is O=C1NC[C@@]2(CCCN(C(=O)CCc3c[nH]c4ccccc34)CC2)O1. The Bertz CT molecular complexity index is 800. The molecule has 132 valence electrons. The summed E-state index contributed by atoms with van der Waals surface area (Å²) in [5.74, 6) is 0.180. The number of nitrogens with zero attached hydrogens (tertiary/aromatic N) is 1. The first-order chi connectivity index (χ1) is 12.2. The van der Waals surface area contributed by atoms with Gasteiger partial charge >= 0.3 is 6.09 Å². The Labute approximate surface area is 146 Å². The number of benzene rings is 1. The van der Waals surface area contributed by atoms with Crippen LogP contribution < -0.4 is 5.32 Å². The van der Waals surface area contributed by atoms with E-state index in [0.29, 0.717) is 25.9 Å². The highest BCUT2D eigenvalue weighted by Crippen LogP contribution is 2.29. The van der Waals surface area contributed by atoms with Crippen molar-refractivity contribution in [1.29, 1.82) is 0 Å². The van der Waals surface area contributed by atoms with E-state index in [9.17, 15) is 9.59 Å². The van der Waals surface area contributed by atoms with Crippen molar-refractivity contribution in [3.05, 3.63) is 36.0 Å². The molecule has 0 bridgehead atoms. The van der Waals surface area contributed by atoms with Crippen molar-refractivity contribution in [3.63, 3.8) is 0 Å². The number of ether oxygens (including phenoxy) is 1. The molecule has 2 N–H and O–H groups in total. The number of rotatable bonds is 3. The molecule has 1 spiro atoms. The van der Waals surface area contributed by atoms with Crippen molar-refractivity contribution in [1.82, 2.24) is 15.2 Å². The van der Waals surface area contributed by atoms with Gasteiger partial charge in [0.1, 0.15) is 5.60 Å². The number of likely N-dealkylation sites (tertiary alicyclic amines) is 1. The largest absolute Gasteiger partial charge is 0.441 e. The molecular formula is C19H23N3O3. The summed E-state index contributed by atoms with van der Waals surface area (Å²) >= 11 is 0. The Kier molecular flexibility index (Phi) is 4.11. The van der Waals surface area contributed by atoms with E-state index in [1.165, 1.54) is 10.9 Å². The van der Waals surface area contributed by atoms with Gasteiger partial charge in [-0.1, -0.05) is 18.2 Å². The van der Waals surface area contributed by atoms with Gasteiger partial charge in [0.25, 0.3) is 0 Å². The lowest BCUT2D eigenvalue weighted by Gasteiger charge is -2.25. The summed E-state index contributed by atoms with van der Waals surface area (Å²) < 4.78 is 5.47. The predicted molar refractivity (Wildman–Crippen MR) is 94.3 cm³/mol. The number of aromatic amines is 1. The summed E-state index contributed by atoms with van der Waals surface area (Å²) in [6, 6.07) is 8.16. The zero-order chi connectivity index (χ0) is 17.3. The number of aryl methyl sites for hydroxylation is 1. The predicted octanol–water partition coefficient (Wildman–Crippen LogP) is 2.59. The molecule has 2 fully saturated rings. The minimum Gasteiger partial charge on any atom is -0.441 e. The number of alkyl carbamates (subject to hydrolysis) is 1. The second-order valence-electron chi connectivity index (χ2n) is 7.02. The fourth-order valence-corrected chi connectivity index (χ4v) is 3.94. The van der Waals surface area contributed by atoms with Gasteiger partial charge in [-0.25, -0.2) is 4.79 Å². The molecule has 2 aliphatic heterocycles. The zero-order valence-corrected chi connectivity index (χ0v) is 14.2. The number of aromatic nitrogens is 1. The van der Waals surface area contributed by atoms with E-state index >= 15 is 0 Å². The summed E-state index contributed by atoms with van der Waals surface area (Å²) in [4.78, 5) is 29.2. The lowest BCUT2D eigenvalue weighted by Crippen LogP contribution is -2.36. The maximum absolute atomic E-state index is 12.6. The van der Waals surface area contributed by atoms with Crippen LogP contribution >= 0.6 is 0 Å². The minimum absolute atomic E-state index is 0.180. The number of carbonyl (C=O) groups excluding carboxylic acids is 2. The normalized spacial score (nSPS) is 23.5. The maximum Gasteiger partial charge on any atom is 0.407 e. The van der Waals surface area contributed by atoms with Gasteiger partial charge in [0, 0.05) is 43.0 Å². The number of para-hydroxylation sites is 1. The van der Waals surface area contributed by atoms with E-state index in [1.54, 1.807) is 0 Å². The first-order valence-electron chi connectivity index (χ1n) is 8.95. The molecule has 0 radical (unpaired) electrons. The highest BCUT2D eigenvalue weighted by Gasteiger charge is 2.41. The van der Waals surface area contributed by atoms with Crippen LogP contribution in [0, 0.1) is 0 Å². The van der Waals surface area contributed by atoms with Crippen LogP contribution in [0.3, 0.4) is 0 Å². The van der Waals surface area contributed by atoms with Gasteiger partial charge in [-0.2, -0.15) is 0 Å². The first kappa shape index (κ1) is 16.0. The quantitative estimate of drug-likeness (QED) is 0.901. The molecular weight excluding hydrogens is 318 g/mol. The molecule has 1 aromatic heterocycles. The topological polar surface area (TPSA) is 74.4 Å². The highest BCUT2D eigenvalue weighted by molar-refractivity contribution is 5.84. The van der Waals surface area contributed by atoms with Crippen LogP contribution in [0.2, 0.25) is 0 Å². The minimum atomic E-state index is -0.414. The van der Waals surface area contributed by atoms with E-state index < -0.39 is 5.60 Å². The molecule has 4 rings (SSSR count). The van der Waals surface area contributed by atoms with Gasteiger partial charge in [-0.3, -0.25) is 4.79 Å². The monoisotopic (exact) mass is 341 g/mol. The molecule has 3 heterocycles. The molecule has 0 aliphatic carbocycles. The number of amides is 2. The molecule has 0 unspecified atom stereocenters. The molecule has 2 aliphatic rings. The average molecular weight is 341 g/mol. The van der Waals surface area contributed by atoms with Crippen molar-refractivity contribution >= 4 is 22.9 Å². The van der Waals surface area contributed by atoms with Crippen molar-refractivity contribution < 1.29 is 14.3 Å². The molecule has 0 saturated carbocycles. The van der Waals surface area contributed by atoms with Gasteiger partial charge < -0.3 is 19.9 Å². The number of nitrogens with one attached hydrogen (secondary N) is 2. The molecule has 1 aromatic carbocycles. The molecule has 2 aromatic rings. The number of carbonyl (C=O) groups is 2. The van der Waals surface area contributed by atoms with E-state index in [4.69, 9.17) is 4.74 Å². The van der Waals surface area contributed by atoms with Crippen LogP contribution in [0.25, 0.3) is 10.9 Å². The van der Waals surface area contributed by atoms with E-state index in [2.05, 4.69) is 16.4 Å². The average Bonchev–Trinajstić information content (AvgIpc) is 3.12. The smallest absolute Gasteiger partial charge is 0.407 e. The Balaban J connectivity index is 1.36. The summed E-state index contributed by atoms with van der Waals surface area (Å²) in [5.41, 5.74) is 1.88. The van der Waals surface area contributed by atoms with Crippen molar-refractivity contribution in [2.24, 2.45) is 0 Å². The highest BCUT2D eigenvalue weighted by atomic mass is 16.6. The van der Waals surface area contributed by atoms with E-state index in [0.717, 1.165) is 31.3 Å². The Morgan fingerprint density at radius 3 is 2.96 bits per heavy atom. The molecule has 2 amide bonds. The number of hydrogen-bond donors (Lipinski definition) is 2. The standard InChI is InChI=1S/C19H23N3O3/c23-17(7-6-14-12-20-16-5-2-1-4-15(14)16)22-10-3-8-19(9-11-22)13-21-18(24)25-19/h1-2,4-5,12,20H,3,6-11,13H2,(H,21,24)/t19-/m0/s1. The second kappa shape index (κ2) is 6.43. The van der Waals surface area contributed by atoms with Gasteiger partial charge in [-0.15, -0.1) is 0 Å². The third kappa shape index (κ3) is 3.21. The number of fused-ring (bicyclic) bond motifs is 1. The van der Waals surface area contributed by atoms with Gasteiger partial charge in [0.15, 0.2) is 0 Å². The maximum atomic E-state index is 12.6. The van der Waals surface area contributed by atoms with Crippen LogP contribution in [0.4, 0.5) is 4.79 Å². The Morgan fingerprint density at radius 2 is 2.12 bits per heavy atom. The van der Waals surface area contributed by atoms with Crippen molar-refractivity contribution in [2.75, 3.05) is 19.6 Å². The van der Waals surface area contributed by atoms with Crippen LogP contribution in [0.1, 0.15) is 31.2 Å². The molecule has 6 heteroatoms. The first-order valence-corrected chi connectivity index (χ1v) is 8.95. The summed E-state index contributed by atoms with van der Waals surface area (Å²) in [6.45, 7) is 1.96. The summed E-state index contributed by atoms with van der Waals surface area (Å²) in [7, 11) is 0. The number of hydrogen-bond acceptors (Lipinski definition) is 3. The lowest BCUT2D eigenvalue weighted by molar-refractivity contribution is -0.131. The Morgan fingerprint density at radius 1 is 1.24 bits per heavy atom. The Hall–Kier alpha value is -2.50. The van der Waals surface area contributed by atoms with Crippen LogP contribution in [0.15, 0.2) is 30.5 Å². The lowest BCUT2D eigenvalue weighted by atomic mass is 9.95. The van der Waals surface area contributed by atoms with E-state index in [1.807, 2.05) is 29.3 Å². The summed E-state index contributed by atoms with van der Waals surface area (Å²) in [6.07, 6.45) is 5.31. The molecule has 25 heavy (non-hydrogen) atoms. The molecule has 1 atom stereocenters. The van der Waals surface area contributed by atoms with E-state index in [-0.39, 0.29) is 12.0 Å². The van der Waals surface area contributed by atoms with Crippen LogP contribution in [0.5, 0.6) is 0 Å². The summed E-state index contributed by atoms with van der Waals surface area (Å²) in [5, 5.41) is 3.93. The third-order valence-electron chi connectivity index (χ3n) is 5.40. The zero-order valence-electron chi connectivity index (χ0n) is 14.2. The molecule has 6 nitrogen and oxygen atoms in total. The van der Waals surface area contributed by atoms with Gasteiger partial charge in [0.05, 0.1) is 6.54 Å². The number of H-pyrrole nitrogens is 1. The molecule has 2 saturated heterocycles. The fourth-order valence-electron chi connectivity index (χ4n) is 3.94. The third-order valence-corrected chi connectivity index (χ3v) is 5.40. The fraction of sp³-hybridized carbons (Fsp3) is 0.474. The van der Waals surface area contributed by atoms with Crippen LogP contribution in [-0.4, -0.2) is 47.1 Å². The van der Waals surface area contributed by atoms with Crippen LogP contribution in [-0.2, 0) is 16.0 Å². The van der Waals surface area contributed by atoms with Crippen molar-refractivity contribution in [3.8, 4) is 0 Å². The second-order valence-corrected chi connectivity index (χ2v) is 7.02. The van der Waals surface area contributed by atoms with Gasteiger partial charge in [0.2, 0.25) is 5.91 Å². The van der Waals surface area contributed by atoms with Gasteiger partial charge in [-0.05, 0) is 30.9 Å². The van der Waals surface area contributed by atoms with Crippen molar-refractivity contribution in [2.45, 2.75) is 37.7 Å².